The number of benzene rings is 2. The number of non-ortho nitro benzene ring substituents is 1. The lowest BCUT2D eigenvalue weighted by molar-refractivity contribution is -0.383. The molecule has 2 heterocycles. The maximum atomic E-state index is 13.0. The summed E-state index contributed by atoms with van der Waals surface area (Å²) in [5, 5.41) is 17.0. The zero-order valence-electron chi connectivity index (χ0n) is 17.7. The molecule has 0 atom stereocenters. The Morgan fingerprint density at radius 1 is 1.10 bits per heavy atom. The van der Waals surface area contributed by atoms with Crippen molar-refractivity contribution in [3.63, 3.8) is 0 Å². The number of hydrazone groups is 1. The summed E-state index contributed by atoms with van der Waals surface area (Å²) in [5.74, 6) is -0.729. The van der Waals surface area contributed by atoms with Gasteiger partial charge < -0.3 is 4.57 Å². The highest BCUT2D eigenvalue weighted by molar-refractivity contribution is 6.26. The molecule has 0 fully saturated rings. The van der Waals surface area contributed by atoms with E-state index in [9.17, 15) is 19.7 Å². The number of carbonyl (C=O) groups is 2. The predicted molar refractivity (Wildman–Crippen MR) is 117 cm³/mol. The number of aryl methyl sites for hydroxylation is 1. The maximum absolute atomic E-state index is 13.0. The van der Waals surface area contributed by atoms with Crippen molar-refractivity contribution in [3.05, 3.63) is 74.6 Å². The van der Waals surface area contributed by atoms with Gasteiger partial charge in [0.2, 0.25) is 0 Å². The molecule has 0 N–H and O–H groups in total. The van der Waals surface area contributed by atoms with Crippen molar-refractivity contribution in [3.8, 4) is 0 Å². The molecule has 0 spiro atoms. The fourth-order valence-corrected chi connectivity index (χ4v) is 4.06. The SMILES string of the molecule is Cc1cc(C=NN2C(=O)c3cccc4c([N+](=O)[O-])ccc(c34)C2=O)c(C)n1CC(C)C. The van der Waals surface area contributed by atoms with E-state index >= 15 is 0 Å². The van der Waals surface area contributed by atoms with Crippen molar-refractivity contribution in [1.29, 1.82) is 0 Å². The van der Waals surface area contributed by atoms with E-state index in [1.165, 1.54) is 18.3 Å². The Morgan fingerprint density at radius 2 is 1.77 bits per heavy atom. The monoisotopic (exact) mass is 418 g/mol. The standard InChI is InChI=1S/C23H22N4O4/c1-13(2)12-25-14(3)10-16(15(25)4)11-24-26-22(28)18-7-5-6-17-20(27(30)31)9-8-19(21(17)18)23(26)29/h5-11,13H,12H2,1-4H3. The topological polar surface area (TPSA) is 97.8 Å². The summed E-state index contributed by atoms with van der Waals surface area (Å²) in [6.45, 7) is 9.13. The van der Waals surface area contributed by atoms with Crippen molar-refractivity contribution in [2.45, 2.75) is 34.2 Å². The highest BCUT2D eigenvalue weighted by Gasteiger charge is 2.34. The van der Waals surface area contributed by atoms with Crippen molar-refractivity contribution < 1.29 is 14.5 Å². The third kappa shape index (κ3) is 3.30. The van der Waals surface area contributed by atoms with Crippen LogP contribution in [0.1, 0.15) is 51.5 Å². The highest BCUT2D eigenvalue weighted by atomic mass is 16.6. The number of carbonyl (C=O) groups excluding carboxylic acids is 2. The smallest absolute Gasteiger partial charge is 0.282 e. The van der Waals surface area contributed by atoms with Gasteiger partial charge in [0, 0.05) is 34.9 Å². The third-order valence-corrected chi connectivity index (χ3v) is 5.53. The number of amides is 2. The van der Waals surface area contributed by atoms with Gasteiger partial charge in [-0.15, -0.1) is 0 Å². The van der Waals surface area contributed by atoms with Gasteiger partial charge in [0.05, 0.1) is 27.7 Å². The molecule has 4 rings (SSSR count). The van der Waals surface area contributed by atoms with E-state index in [2.05, 4.69) is 23.5 Å². The molecule has 1 aliphatic heterocycles. The number of rotatable bonds is 5. The number of imide groups is 1. The van der Waals surface area contributed by atoms with Crippen LogP contribution in [0.4, 0.5) is 5.69 Å². The first-order valence-corrected chi connectivity index (χ1v) is 10.00. The molecule has 31 heavy (non-hydrogen) atoms. The molecule has 158 valence electrons. The van der Waals surface area contributed by atoms with E-state index in [0.717, 1.165) is 28.5 Å². The molecular weight excluding hydrogens is 396 g/mol. The Bertz CT molecular complexity index is 1260. The van der Waals surface area contributed by atoms with Gasteiger partial charge in [0.25, 0.3) is 17.5 Å². The van der Waals surface area contributed by atoms with E-state index in [1.807, 2.05) is 19.9 Å². The second-order valence-corrected chi connectivity index (χ2v) is 8.12. The molecule has 1 aromatic heterocycles. The minimum Gasteiger partial charge on any atom is -0.348 e. The molecule has 0 saturated carbocycles. The maximum Gasteiger partial charge on any atom is 0.282 e. The minimum absolute atomic E-state index is 0.143. The molecule has 0 aliphatic carbocycles. The first-order chi connectivity index (χ1) is 14.7. The van der Waals surface area contributed by atoms with Crippen LogP contribution in [-0.2, 0) is 6.54 Å². The third-order valence-electron chi connectivity index (χ3n) is 5.53. The molecule has 2 amide bonds. The van der Waals surface area contributed by atoms with Gasteiger partial charge in [0.15, 0.2) is 0 Å². The zero-order chi connectivity index (χ0) is 22.4. The van der Waals surface area contributed by atoms with Crippen LogP contribution < -0.4 is 0 Å². The molecule has 0 unspecified atom stereocenters. The zero-order valence-corrected chi connectivity index (χ0v) is 17.7. The molecule has 0 saturated heterocycles. The Kier molecular flexibility index (Phi) is 4.93. The lowest BCUT2D eigenvalue weighted by Crippen LogP contribution is -2.36. The summed E-state index contributed by atoms with van der Waals surface area (Å²) in [7, 11) is 0. The van der Waals surface area contributed by atoms with Gasteiger partial charge in [-0.1, -0.05) is 19.9 Å². The van der Waals surface area contributed by atoms with Gasteiger partial charge >= 0.3 is 0 Å². The Hall–Kier alpha value is -3.81. The van der Waals surface area contributed by atoms with E-state index in [-0.39, 0.29) is 22.2 Å². The van der Waals surface area contributed by atoms with Crippen LogP contribution in [0.15, 0.2) is 41.5 Å². The summed E-state index contributed by atoms with van der Waals surface area (Å²) in [5.41, 5.74) is 3.20. The summed E-state index contributed by atoms with van der Waals surface area (Å²) in [6.07, 6.45) is 1.52. The quantitative estimate of drug-likeness (QED) is 0.264. The van der Waals surface area contributed by atoms with Gasteiger partial charge in [-0.25, -0.2) is 0 Å². The second-order valence-electron chi connectivity index (χ2n) is 8.12. The number of nitrogens with zero attached hydrogens (tertiary/aromatic N) is 4. The lowest BCUT2D eigenvalue weighted by atomic mass is 9.94. The van der Waals surface area contributed by atoms with E-state index in [0.29, 0.717) is 11.3 Å². The second kappa shape index (κ2) is 7.46. The van der Waals surface area contributed by atoms with Gasteiger partial charge in [-0.2, -0.15) is 10.1 Å². The number of hydrogen-bond donors (Lipinski definition) is 0. The molecule has 8 nitrogen and oxygen atoms in total. The van der Waals surface area contributed by atoms with E-state index in [4.69, 9.17) is 0 Å². The van der Waals surface area contributed by atoms with E-state index < -0.39 is 16.7 Å². The lowest BCUT2D eigenvalue weighted by Gasteiger charge is -2.23. The first kappa shape index (κ1) is 20.5. The first-order valence-electron chi connectivity index (χ1n) is 10.00. The highest BCUT2D eigenvalue weighted by Crippen LogP contribution is 2.35. The van der Waals surface area contributed by atoms with Crippen LogP contribution in [0, 0.1) is 29.9 Å². The van der Waals surface area contributed by atoms with Crippen LogP contribution >= 0.6 is 0 Å². The summed E-state index contributed by atoms with van der Waals surface area (Å²) < 4.78 is 2.18. The van der Waals surface area contributed by atoms with Crippen LogP contribution in [0.2, 0.25) is 0 Å². The van der Waals surface area contributed by atoms with Crippen LogP contribution in [0.3, 0.4) is 0 Å². The fourth-order valence-electron chi connectivity index (χ4n) is 4.06. The average Bonchev–Trinajstić information content (AvgIpc) is 2.98. The number of nitro benzene ring substituents is 1. The molecule has 0 radical (unpaired) electrons. The molecule has 1 aliphatic rings. The van der Waals surface area contributed by atoms with Gasteiger partial charge in [-0.3, -0.25) is 19.7 Å². The Morgan fingerprint density at radius 3 is 2.42 bits per heavy atom. The molecule has 3 aromatic rings. The van der Waals surface area contributed by atoms with E-state index in [1.54, 1.807) is 18.2 Å². The molecule has 2 aromatic carbocycles. The summed E-state index contributed by atoms with van der Waals surface area (Å²) >= 11 is 0. The summed E-state index contributed by atoms with van der Waals surface area (Å²) in [6, 6.07) is 9.32. The Balaban J connectivity index is 1.76. The fraction of sp³-hybridized carbons (Fsp3) is 0.261. The van der Waals surface area contributed by atoms with Gasteiger partial charge in [0.1, 0.15) is 0 Å². The van der Waals surface area contributed by atoms with Crippen LogP contribution in [0.5, 0.6) is 0 Å². The number of hydrogen-bond acceptors (Lipinski definition) is 5. The number of aromatic nitrogens is 1. The molecule has 0 bridgehead atoms. The molecule has 8 heteroatoms. The Labute approximate surface area is 178 Å². The summed E-state index contributed by atoms with van der Waals surface area (Å²) in [4.78, 5) is 36.9. The predicted octanol–water partition coefficient (Wildman–Crippen LogP) is 4.45. The van der Waals surface area contributed by atoms with Crippen LogP contribution in [-0.4, -0.2) is 32.5 Å². The normalized spacial score (nSPS) is 13.8. The van der Waals surface area contributed by atoms with Crippen LogP contribution in [0.25, 0.3) is 10.8 Å². The van der Waals surface area contributed by atoms with Crippen molar-refractivity contribution in [2.24, 2.45) is 11.0 Å². The molecular formula is C23H22N4O4. The number of nitro groups is 1. The largest absolute Gasteiger partial charge is 0.348 e. The van der Waals surface area contributed by atoms with Crippen molar-refractivity contribution in [1.82, 2.24) is 9.58 Å². The van der Waals surface area contributed by atoms with Crippen molar-refractivity contribution >= 4 is 34.5 Å². The van der Waals surface area contributed by atoms with Crippen molar-refractivity contribution in [2.75, 3.05) is 0 Å². The average molecular weight is 418 g/mol. The van der Waals surface area contributed by atoms with Gasteiger partial charge in [-0.05, 0) is 44.0 Å². The minimum atomic E-state index is -0.601.